The minimum absolute atomic E-state index is 0.151. The lowest BCUT2D eigenvalue weighted by atomic mass is 9.79. The van der Waals surface area contributed by atoms with Gasteiger partial charge in [0.05, 0.1) is 5.41 Å². The van der Waals surface area contributed by atoms with Crippen LogP contribution in [0.3, 0.4) is 0 Å². The summed E-state index contributed by atoms with van der Waals surface area (Å²) in [6.45, 7) is 4.15. The van der Waals surface area contributed by atoms with Gasteiger partial charge in [0, 0.05) is 19.0 Å². The van der Waals surface area contributed by atoms with Gasteiger partial charge in [-0.05, 0) is 32.6 Å². The van der Waals surface area contributed by atoms with E-state index in [0.717, 1.165) is 12.8 Å². The number of hydrogen-bond acceptors (Lipinski definition) is 4. The lowest BCUT2D eigenvalue weighted by Crippen LogP contribution is -2.43. The fourth-order valence-corrected chi connectivity index (χ4v) is 2.47. The zero-order valence-corrected chi connectivity index (χ0v) is 10.8. The largest absolute Gasteiger partial charge is 0.481 e. The SMILES string of the molecule is CC(C)n1ncnc1CC(CN)(C(=O)O)C1CC1. The molecule has 6 heteroatoms. The first-order chi connectivity index (χ1) is 8.51. The fourth-order valence-electron chi connectivity index (χ4n) is 2.47. The molecule has 100 valence electrons. The van der Waals surface area contributed by atoms with Crippen molar-refractivity contribution in [1.82, 2.24) is 14.8 Å². The molecule has 1 aliphatic rings. The minimum Gasteiger partial charge on any atom is -0.481 e. The number of nitrogens with two attached hydrogens (primary N) is 1. The highest BCUT2D eigenvalue weighted by Crippen LogP contribution is 2.47. The molecule has 1 unspecified atom stereocenters. The Hall–Kier alpha value is -1.43. The van der Waals surface area contributed by atoms with Crippen LogP contribution >= 0.6 is 0 Å². The van der Waals surface area contributed by atoms with Crippen LogP contribution in [-0.2, 0) is 11.2 Å². The van der Waals surface area contributed by atoms with Crippen LogP contribution in [-0.4, -0.2) is 32.4 Å². The maximum atomic E-state index is 11.6. The van der Waals surface area contributed by atoms with E-state index in [1.807, 2.05) is 13.8 Å². The second kappa shape index (κ2) is 4.68. The molecule has 1 aromatic rings. The molecule has 1 fully saturated rings. The first-order valence-corrected chi connectivity index (χ1v) is 6.33. The van der Waals surface area contributed by atoms with E-state index in [1.165, 1.54) is 6.33 Å². The van der Waals surface area contributed by atoms with Crippen molar-refractivity contribution in [3.63, 3.8) is 0 Å². The van der Waals surface area contributed by atoms with Crippen LogP contribution in [0.2, 0.25) is 0 Å². The molecule has 3 N–H and O–H groups in total. The summed E-state index contributed by atoms with van der Waals surface area (Å²) >= 11 is 0. The molecule has 6 nitrogen and oxygen atoms in total. The second-order valence-corrected chi connectivity index (χ2v) is 5.33. The van der Waals surface area contributed by atoms with E-state index in [2.05, 4.69) is 10.1 Å². The highest BCUT2D eigenvalue weighted by Gasteiger charge is 2.51. The van der Waals surface area contributed by atoms with Gasteiger partial charge < -0.3 is 10.8 Å². The average Bonchev–Trinajstić information content (AvgIpc) is 3.05. The highest BCUT2D eigenvalue weighted by atomic mass is 16.4. The number of hydrogen-bond donors (Lipinski definition) is 2. The molecule has 0 bridgehead atoms. The van der Waals surface area contributed by atoms with E-state index < -0.39 is 11.4 Å². The number of rotatable bonds is 6. The molecule has 0 amide bonds. The van der Waals surface area contributed by atoms with Gasteiger partial charge in [0.25, 0.3) is 0 Å². The van der Waals surface area contributed by atoms with Crippen molar-refractivity contribution < 1.29 is 9.90 Å². The number of aliphatic carboxylic acids is 1. The van der Waals surface area contributed by atoms with Crippen molar-refractivity contribution in [1.29, 1.82) is 0 Å². The molecule has 0 aliphatic heterocycles. The van der Waals surface area contributed by atoms with Crippen molar-refractivity contribution in [3.05, 3.63) is 12.2 Å². The first kappa shape index (κ1) is 13.0. The van der Waals surface area contributed by atoms with Crippen LogP contribution in [0, 0.1) is 11.3 Å². The number of carboxylic acids is 1. The Bertz CT molecular complexity index is 439. The van der Waals surface area contributed by atoms with Crippen LogP contribution in [0.25, 0.3) is 0 Å². The third-order valence-electron chi connectivity index (χ3n) is 3.76. The molecule has 1 aliphatic carbocycles. The molecular weight excluding hydrogens is 232 g/mol. The highest BCUT2D eigenvalue weighted by molar-refractivity contribution is 5.76. The van der Waals surface area contributed by atoms with Crippen molar-refractivity contribution in [2.75, 3.05) is 6.54 Å². The Kier molecular flexibility index (Phi) is 3.38. The van der Waals surface area contributed by atoms with E-state index in [4.69, 9.17) is 5.73 Å². The van der Waals surface area contributed by atoms with Gasteiger partial charge in [0.1, 0.15) is 12.2 Å². The molecule has 0 radical (unpaired) electrons. The lowest BCUT2D eigenvalue weighted by Gasteiger charge is -2.27. The molecule has 18 heavy (non-hydrogen) atoms. The van der Waals surface area contributed by atoms with Crippen LogP contribution in [0.1, 0.15) is 38.6 Å². The molecule has 1 saturated carbocycles. The predicted octanol–water partition coefficient (Wildman–Crippen LogP) is 0.841. The van der Waals surface area contributed by atoms with Crippen molar-refractivity contribution in [2.45, 2.75) is 39.2 Å². The lowest BCUT2D eigenvalue weighted by molar-refractivity contribution is -0.149. The third kappa shape index (κ3) is 2.12. The smallest absolute Gasteiger partial charge is 0.311 e. The van der Waals surface area contributed by atoms with Crippen LogP contribution < -0.4 is 5.73 Å². The zero-order chi connectivity index (χ0) is 13.3. The van der Waals surface area contributed by atoms with E-state index in [1.54, 1.807) is 4.68 Å². The van der Waals surface area contributed by atoms with E-state index in [0.29, 0.717) is 12.2 Å². The quantitative estimate of drug-likeness (QED) is 0.782. The Balaban J connectivity index is 2.28. The summed E-state index contributed by atoms with van der Waals surface area (Å²) < 4.78 is 1.77. The van der Waals surface area contributed by atoms with Crippen LogP contribution in [0.15, 0.2) is 6.33 Å². The third-order valence-corrected chi connectivity index (χ3v) is 3.76. The molecule has 0 aromatic carbocycles. The number of nitrogens with zero attached hydrogens (tertiary/aromatic N) is 3. The minimum atomic E-state index is -0.875. The summed E-state index contributed by atoms with van der Waals surface area (Å²) in [7, 11) is 0. The summed E-state index contributed by atoms with van der Waals surface area (Å²) in [5, 5.41) is 13.7. The molecular formula is C12H20N4O2. The average molecular weight is 252 g/mol. The van der Waals surface area contributed by atoms with Gasteiger partial charge in [0.15, 0.2) is 0 Å². The zero-order valence-electron chi connectivity index (χ0n) is 10.8. The van der Waals surface area contributed by atoms with Crippen molar-refractivity contribution >= 4 is 5.97 Å². The summed E-state index contributed by atoms with van der Waals surface area (Å²) in [5.41, 5.74) is 4.88. The maximum absolute atomic E-state index is 11.6. The van der Waals surface area contributed by atoms with Gasteiger partial charge in [-0.3, -0.25) is 4.79 Å². The molecule has 2 rings (SSSR count). The summed E-state index contributed by atoms with van der Waals surface area (Å²) in [4.78, 5) is 15.8. The standard InChI is InChI=1S/C12H20N4O2/c1-8(2)16-10(14-7-15-16)5-12(6-13,11(17)18)9-3-4-9/h7-9H,3-6,13H2,1-2H3,(H,17,18). The summed E-state index contributed by atoms with van der Waals surface area (Å²) in [5.74, 6) is 0.0767. The Labute approximate surface area is 106 Å². The molecule has 0 saturated heterocycles. The van der Waals surface area contributed by atoms with Gasteiger partial charge in [-0.15, -0.1) is 0 Å². The Morgan fingerprint density at radius 2 is 2.33 bits per heavy atom. The van der Waals surface area contributed by atoms with Crippen LogP contribution in [0.5, 0.6) is 0 Å². The van der Waals surface area contributed by atoms with Gasteiger partial charge >= 0.3 is 5.97 Å². The van der Waals surface area contributed by atoms with E-state index >= 15 is 0 Å². The maximum Gasteiger partial charge on any atom is 0.311 e. The van der Waals surface area contributed by atoms with E-state index in [-0.39, 0.29) is 18.5 Å². The molecule has 0 spiro atoms. The molecule has 1 aromatic heterocycles. The van der Waals surface area contributed by atoms with Gasteiger partial charge in [-0.2, -0.15) is 5.10 Å². The van der Waals surface area contributed by atoms with Crippen molar-refractivity contribution in [2.24, 2.45) is 17.1 Å². The number of carbonyl (C=O) groups is 1. The summed E-state index contributed by atoms with van der Waals surface area (Å²) in [6, 6.07) is 0.172. The fraction of sp³-hybridized carbons (Fsp3) is 0.750. The van der Waals surface area contributed by atoms with E-state index in [9.17, 15) is 9.90 Å². The first-order valence-electron chi connectivity index (χ1n) is 6.33. The second-order valence-electron chi connectivity index (χ2n) is 5.33. The van der Waals surface area contributed by atoms with Crippen molar-refractivity contribution in [3.8, 4) is 0 Å². The Morgan fingerprint density at radius 1 is 1.67 bits per heavy atom. The molecule has 1 heterocycles. The monoisotopic (exact) mass is 252 g/mol. The molecule has 1 atom stereocenters. The normalized spacial score (nSPS) is 18.9. The summed E-state index contributed by atoms with van der Waals surface area (Å²) in [6.07, 6.45) is 3.73. The van der Waals surface area contributed by atoms with Crippen LogP contribution in [0.4, 0.5) is 0 Å². The van der Waals surface area contributed by atoms with Gasteiger partial charge in [-0.1, -0.05) is 0 Å². The number of aromatic nitrogens is 3. The Morgan fingerprint density at radius 3 is 2.78 bits per heavy atom. The van der Waals surface area contributed by atoms with Gasteiger partial charge in [0.2, 0.25) is 0 Å². The van der Waals surface area contributed by atoms with Gasteiger partial charge in [-0.25, -0.2) is 9.67 Å². The number of carboxylic acid groups (broad SMARTS) is 1. The topological polar surface area (TPSA) is 94.0 Å². The predicted molar refractivity (Wildman–Crippen MR) is 66.0 cm³/mol.